The van der Waals surface area contributed by atoms with E-state index in [1.54, 1.807) is 24.4 Å². The van der Waals surface area contributed by atoms with E-state index in [4.69, 9.17) is 9.15 Å². The highest BCUT2D eigenvalue weighted by atomic mass is 19.1. The Bertz CT molecular complexity index is 956. The minimum atomic E-state index is -0.486. The van der Waals surface area contributed by atoms with Crippen molar-refractivity contribution in [3.8, 4) is 5.75 Å². The van der Waals surface area contributed by atoms with E-state index in [1.807, 2.05) is 30.3 Å². The van der Waals surface area contributed by atoms with Crippen LogP contribution in [0.5, 0.6) is 5.75 Å². The van der Waals surface area contributed by atoms with Gasteiger partial charge in [0.25, 0.3) is 0 Å². The van der Waals surface area contributed by atoms with E-state index in [1.165, 1.54) is 18.5 Å². The first-order valence-electron chi connectivity index (χ1n) is 7.46. The lowest BCUT2D eigenvalue weighted by molar-refractivity contribution is 0.208. The number of nitrogens with zero attached hydrogens (tertiary/aromatic N) is 2. The van der Waals surface area contributed by atoms with Crippen LogP contribution in [0.25, 0.3) is 10.9 Å². The molecule has 0 saturated carbocycles. The lowest BCUT2D eigenvalue weighted by Crippen LogP contribution is -2.09. The molecule has 2 aromatic heterocycles. The maximum Gasteiger partial charge on any atom is 0.240 e. The van der Waals surface area contributed by atoms with Crippen molar-refractivity contribution in [2.45, 2.75) is 6.10 Å². The zero-order valence-corrected chi connectivity index (χ0v) is 12.6. The van der Waals surface area contributed by atoms with E-state index < -0.39 is 6.10 Å². The highest BCUT2D eigenvalue weighted by Gasteiger charge is 2.20. The Morgan fingerprint density at radius 3 is 2.67 bits per heavy atom. The van der Waals surface area contributed by atoms with Crippen molar-refractivity contribution in [2.75, 3.05) is 0 Å². The van der Waals surface area contributed by atoms with Gasteiger partial charge in [-0.2, -0.15) is 0 Å². The molecular formula is C19H13FN2O2. The summed E-state index contributed by atoms with van der Waals surface area (Å²) in [6, 6.07) is 16.4. The van der Waals surface area contributed by atoms with Gasteiger partial charge in [-0.15, -0.1) is 0 Å². The van der Waals surface area contributed by atoms with Gasteiger partial charge in [0.2, 0.25) is 5.89 Å². The Morgan fingerprint density at radius 1 is 1.00 bits per heavy atom. The molecule has 0 amide bonds. The van der Waals surface area contributed by atoms with Crippen molar-refractivity contribution in [3.05, 3.63) is 90.5 Å². The molecule has 4 aromatic rings. The molecule has 0 saturated heterocycles. The maximum atomic E-state index is 13.4. The zero-order valence-electron chi connectivity index (χ0n) is 12.6. The van der Waals surface area contributed by atoms with Gasteiger partial charge in [0, 0.05) is 10.9 Å². The van der Waals surface area contributed by atoms with Crippen LogP contribution in [-0.4, -0.2) is 9.97 Å². The highest BCUT2D eigenvalue weighted by molar-refractivity contribution is 5.79. The van der Waals surface area contributed by atoms with Crippen molar-refractivity contribution in [2.24, 2.45) is 0 Å². The van der Waals surface area contributed by atoms with Crippen LogP contribution in [0.2, 0.25) is 0 Å². The fourth-order valence-electron chi connectivity index (χ4n) is 2.55. The fourth-order valence-corrected chi connectivity index (χ4v) is 2.55. The van der Waals surface area contributed by atoms with Gasteiger partial charge in [0.05, 0.1) is 17.9 Å². The molecule has 0 radical (unpaired) electrons. The summed E-state index contributed by atoms with van der Waals surface area (Å²) in [7, 11) is 0. The second-order valence-electron chi connectivity index (χ2n) is 5.29. The number of rotatable bonds is 4. The van der Waals surface area contributed by atoms with Crippen molar-refractivity contribution in [1.29, 1.82) is 0 Å². The number of fused-ring (bicyclic) bond motifs is 1. The molecule has 2 heterocycles. The predicted octanol–water partition coefficient (Wildman–Crippen LogP) is 4.53. The van der Waals surface area contributed by atoms with Crippen molar-refractivity contribution < 1.29 is 13.5 Å². The summed E-state index contributed by atoms with van der Waals surface area (Å²) in [5.74, 6) is 0.660. The number of pyridine rings is 1. The Balaban J connectivity index is 1.72. The summed E-state index contributed by atoms with van der Waals surface area (Å²) < 4.78 is 24.9. The predicted molar refractivity (Wildman–Crippen MR) is 87.1 cm³/mol. The SMILES string of the molecule is Fc1cnc2ccc(OC(c3ccccc3)c3ncco3)cc2c1. The second kappa shape index (κ2) is 6.12. The van der Waals surface area contributed by atoms with Crippen molar-refractivity contribution in [3.63, 3.8) is 0 Å². The van der Waals surface area contributed by atoms with Gasteiger partial charge < -0.3 is 9.15 Å². The summed E-state index contributed by atoms with van der Waals surface area (Å²) in [5.41, 5.74) is 1.62. The van der Waals surface area contributed by atoms with Crippen LogP contribution in [0.1, 0.15) is 17.6 Å². The molecule has 0 aliphatic carbocycles. The fraction of sp³-hybridized carbons (Fsp3) is 0.0526. The molecule has 0 N–H and O–H groups in total. The topological polar surface area (TPSA) is 48.2 Å². The quantitative estimate of drug-likeness (QED) is 0.554. The summed E-state index contributed by atoms with van der Waals surface area (Å²) in [6.07, 6.45) is 3.80. The van der Waals surface area contributed by atoms with Crippen LogP contribution >= 0.6 is 0 Å². The van der Waals surface area contributed by atoms with E-state index in [2.05, 4.69) is 9.97 Å². The molecule has 0 spiro atoms. The summed E-state index contributed by atoms with van der Waals surface area (Å²) >= 11 is 0. The van der Waals surface area contributed by atoms with E-state index in [0.717, 1.165) is 5.56 Å². The number of halogens is 1. The molecule has 1 atom stereocenters. The van der Waals surface area contributed by atoms with E-state index >= 15 is 0 Å². The Kier molecular flexibility index (Phi) is 3.67. The first-order valence-corrected chi connectivity index (χ1v) is 7.46. The molecule has 4 nitrogen and oxygen atoms in total. The molecule has 118 valence electrons. The number of aromatic nitrogens is 2. The number of oxazole rings is 1. The maximum absolute atomic E-state index is 13.4. The first kappa shape index (κ1) is 14.4. The number of hydrogen-bond donors (Lipinski definition) is 0. The molecule has 2 aromatic carbocycles. The molecule has 0 aliphatic rings. The smallest absolute Gasteiger partial charge is 0.240 e. The standard InChI is InChI=1S/C19H13FN2O2/c20-15-10-14-11-16(6-7-17(14)22-12-15)24-18(19-21-8-9-23-19)13-4-2-1-3-5-13/h1-12,18H. The van der Waals surface area contributed by atoms with Crippen molar-refractivity contribution >= 4 is 10.9 Å². The average molecular weight is 320 g/mol. The van der Waals surface area contributed by atoms with Gasteiger partial charge in [-0.05, 0) is 24.3 Å². The van der Waals surface area contributed by atoms with Crippen LogP contribution < -0.4 is 4.74 Å². The Labute approximate surface area is 137 Å². The van der Waals surface area contributed by atoms with Crippen LogP contribution in [0.15, 0.2) is 77.7 Å². The third kappa shape index (κ3) is 2.84. The van der Waals surface area contributed by atoms with Gasteiger partial charge in [-0.25, -0.2) is 9.37 Å². The number of benzene rings is 2. The van der Waals surface area contributed by atoms with Gasteiger partial charge in [0.1, 0.15) is 17.8 Å². The van der Waals surface area contributed by atoms with Crippen LogP contribution in [0, 0.1) is 5.82 Å². The third-order valence-corrected chi connectivity index (χ3v) is 3.65. The number of ether oxygens (including phenoxy) is 1. The van der Waals surface area contributed by atoms with Crippen molar-refractivity contribution in [1.82, 2.24) is 9.97 Å². The largest absolute Gasteiger partial charge is 0.476 e. The lowest BCUT2D eigenvalue weighted by Gasteiger charge is -2.17. The van der Waals surface area contributed by atoms with Crippen LogP contribution in [0.3, 0.4) is 0 Å². The molecule has 1 unspecified atom stereocenters. The zero-order chi connectivity index (χ0) is 16.4. The number of hydrogen-bond acceptors (Lipinski definition) is 4. The minimum Gasteiger partial charge on any atom is -0.476 e. The molecule has 0 aliphatic heterocycles. The van der Waals surface area contributed by atoms with E-state index in [-0.39, 0.29) is 5.82 Å². The molecule has 0 bridgehead atoms. The normalized spacial score (nSPS) is 12.2. The third-order valence-electron chi connectivity index (χ3n) is 3.65. The van der Waals surface area contributed by atoms with E-state index in [0.29, 0.717) is 22.5 Å². The molecular weight excluding hydrogens is 307 g/mol. The molecule has 0 fully saturated rings. The van der Waals surface area contributed by atoms with Gasteiger partial charge in [-0.3, -0.25) is 4.98 Å². The lowest BCUT2D eigenvalue weighted by atomic mass is 10.1. The first-order chi connectivity index (χ1) is 11.8. The summed E-state index contributed by atoms with van der Waals surface area (Å²) in [4.78, 5) is 8.25. The summed E-state index contributed by atoms with van der Waals surface area (Å²) in [5, 5.41) is 0.673. The average Bonchev–Trinajstić information content (AvgIpc) is 3.14. The molecule has 4 rings (SSSR count). The minimum absolute atomic E-state index is 0.382. The Morgan fingerprint density at radius 2 is 1.88 bits per heavy atom. The van der Waals surface area contributed by atoms with Crippen LogP contribution in [0.4, 0.5) is 4.39 Å². The second-order valence-corrected chi connectivity index (χ2v) is 5.29. The van der Waals surface area contributed by atoms with Gasteiger partial charge >= 0.3 is 0 Å². The molecule has 5 heteroatoms. The monoisotopic (exact) mass is 320 g/mol. The molecule has 24 heavy (non-hydrogen) atoms. The van der Waals surface area contributed by atoms with Crippen LogP contribution in [-0.2, 0) is 0 Å². The van der Waals surface area contributed by atoms with Gasteiger partial charge in [-0.1, -0.05) is 30.3 Å². The van der Waals surface area contributed by atoms with Gasteiger partial charge in [0.15, 0.2) is 6.10 Å². The Hall–Kier alpha value is -3.21. The summed E-state index contributed by atoms with van der Waals surface area (Å²) in [6.45, 7) is 0. The highest BCUT2D eigenvalue weighted by Crippen LogP contribution is 2.29. The van der Waals surface area contributed by atoms with E-state index in [9.17, 15) is 4.39 Å².